The van der Waals surface area contributed by atoms with E-state index in [1.165, 1.54) is 0 Å². The molecule has 0 spiro atoms. The summed E-state index contributed by atoms with van der Waals surface area (Å²) in [4.78, 5) is 20.4. The highest BCUT2D eigenvalue weighted by Crippen LogP contribution is 2.28. The first-order valence-electron chi connectivity index (χ1n) is 6.55. The van der Waals surface area contributed by atoms with Crippen LogP contribution in [0.4, 0.5) is 0 Å². The quantitative estimate of drug-likeness (QED) is 0.627. The number of aliphatic hydroxyl groups excluding tert-OH is 3. The molecule has 0 saturated carbocycles. The van der Waals surface area contributed by atoms with Crippen LogP contribution in [0.25, 0.3) is 11.2 Å². The van der Waals surface area contributed by atoms with Crippen molar-refractivity contribution in [2.75, 3.05) is 6.61 Å². The van der Waals surface area contributed by atoms with Gasteiger partial charge in [-0.15, -0.1) is 0 Å². The molecule has 0 amide bonds. The minimum Gasteiger partial charge on any atom is -0.422 e. The van der Waals surface area contributed by atoms with E-state index in [1.54, 1.807) is 0 Å². The second kappa shape index (κ2) is 5.19. The highest BCUT2D eigenvalue weighted by atomic mass is 16.6. The van der Waals surface area contributed by atoms with Gasteiger partial charge in [0.1, 0.15) is 24.6 Å². The maximum Gasteiger partial charge on any atom is 0.285 e. The van der Waals surface area contributed by atoms with Crippen LogP contribution in [0.2, 0.25) is 0 Å². The lowest BCUT2D eigenvalue weighted by Crippen LogP contribution is -2.35. The Balaban J connectivity index is 2.05. The van der Waals surface area contributed by atoms with Crippen LogP contribution in [0.3, 0.4) is 0 Å². The Morgan fingerprint density at radius 2 is 2.14 bits per heavy atom. The van der Waals surface area contributed by atoms with Crippen molar-refractivity contribution in [1.29, 1.82) is 0 Å². The Labute approximate surface area is 118 Å². The van der Waals surface area contributed by atoms with E-state index in [0.29, 0.717) is 12.3 Å². The Hall–Kier alpha value is -1.81. The summed E-state index contributed by atoms with van der Waals surface area (Å²) >= 11 is 0. The van der Waals surface area contributed by atoms with Gasteiger partial charge in [-0.05, 0) is 0 Å². The van der Waals surface area contributed by atoms with Crippen molar-refractivity contribution in [3.63, 3.8) is 0 Å². The van der Waals surface area contributed by atoms with Crippen molar-refractivity contribution in [3.8, 4) is 0 Å². The Morgan fingerprint density at radius 1 is 1.38 bits per heavy atom. The SMILES string of the molecule is CCc1nc2c(=O)n([C@@H]3O[C@H](CO)[C@@H](O)[C@H]3O)cnc2o1. The van der Waals surface area contributed by atoms with Gasteiger partial charge in [0.2, 0.25) is 0 Å². The fourth-order valence-corrected chi connectivity index (χ4v) is 2.31. The van der Waals surface area contributed by atoms with Gasteiger partial charge in [0.05, 0.1) is 6.61 Å². The van der Waals surface area contributed by atoms with Gasteiger partial charge >= 0.3 is 0 Å². The molecule has 3 heterocycles. The first-order chi connectivity index (χ1) is 10.1. The summed E-state index contributed by atoms with van der Waals surface area (Å²) in [5, 5.41) is 28.7. The number of nitrogens with zero attached hydrogens (tertiary/aromatic N) is 3. The summed E-state index contributed by atoms with van der Waals surface area (Å²) < 4.78 is 11.6. The van der Waals surface area contributed by atoms with Crippen LogP contribution < -0.4 is 5.56 Å². The van der Waals surface area contributed by atoms with Crippen molar-refractivity contribution in [3.05, 3.63) is 22.6 Å². The number of aliphatic hydroxyl groups is 3. The van der Waals surface area contributed by atoms with Gasteiger partial charge in [-0.2, -0.15) is 0 Å². The zero-order chi connectivity index (χ0) is 15.1. The van der Waals surface area contributed by atoms with Gasteiger partial charge in [-0.25, -0.2) is 9.97 Å². The summed E-state index contributed by atoms with van der Waals surface area (Å²) in [7, 11) is 0. The lowest BCUT2D eigenvalue weighted by molar-refractivity contribution is -0.0546. The Bertz CT molecular complexity index is 711. The van der Waals surface area contributed by atoms with Gasteiger partial charge in [0.25, 0.3) is 11.3 Å². The molecule has 0 unspecified atom stereocenters. The predicted molar refractivity (Wildman–Crippen MR) is 68.5 cm³/mol. The van der Waals surface area contributed by atoms with Crippen LogP contribution in [-0.4, -0.2) is 54.8 Å². The van der Waals surface area contributed by atoms with Crippen molar-refractivity contribution in [2.24, 2.45) is 0 Å². The molecular formula is C12H15N3O6. The fourth-order valence-electron chi connectivity index (χ4n) is 2.31. The molecule has 1 saturated heterocycles. The predicted octanol–water partition coefficient (Wildman–Crippen LogP) is -1.44. The second-order valence-electron chi connectivity index (χ2n) is 4.80. The molecule has 0 bridgehead atoms. The summed E-state index contributed by atoms with van der Waals surface area (Å²) in [6, 6.07) is 0. The molecule has 0 radical (unpaired) electrons. The first-order valence-corrected chi connectivity index (χ1v) is 6.55. The zero-order valence-electron chi connectivity index (χ0n) is 11.2. The molecule has 0 aromatic carbocycles. The number of fused-ring (bicyclic) bond motifs is 1. The summed E-state index contributed by atoms with van der Waals surface area (Å²) in [6.45, 7) is 1.36. The van der Waals surface area contributed by atoms with Crippen molar-refractivity contribution < 1.29 is 24.5 Å². The molecule has 3 rings (SSSR count). The molecule has 2 aromatic heterocycles. The average Bonchev–Trinajstić information content (AvgIpc) is 3.03. The van der Waals surface area contributed by atoms with Crippen LogP contribution in [0.5, 0.6) is 0 Å². The van der Waals surface area contributed by atoms with Gasteiger partial charge in [-0.1, -0.05) is 6.92 Å². The van der Waals surface area contributed by atoms with Crippen molar-refractivity contribution in [1.82, 2.24) is 14.5 Å². The number of ether oxygens (including phenoxy) is 1. The van der Waals surface area contributed by atoms with E-state index in [0.717, 1.165) is 10.9 Å². The van der Waals surface area contributed by atoms with Crippen LogP contribution in [0, 0.1) is 0 Å². The zero-order valence-corrected chi connectivity index (χ0v) is 11.2. The maximum atomic E-state index is 12.4. The molecule has 9 heteroatoms. The average molecular weight is 297 g/mol. The van der Waals surface area contributed by atoms with Crippen molar-refractivity contribution >= 4 is 11.2 Å². The molecule has 1 aliphatic rings. The third-order valence-corrected chi connectivity index (χ3v) is 3.48. The highest BCUT2D eigenvalue weighted by Gasteiger charge is 2.44. The molecule has 21 heavy (non-hydrogen) atoms. The molecule has 2 aromatic rings. The monoisotopic (exact) mass is 297 g/mol. The van der Waals surface area contributed by atoms with Gasteiger partial charge in [0.15, 0.2) is 17.6 Å². The number of aromatic nitrogens is 3. The molecule has 114 valence electrons. The Kier molecular flexibility index (Phi) is 3.49. The number of rotatable bonds is 3. The molecule has 1 aliphatic heterocycles. The third-order valence-electron chi connectivity index (χ3n) is 3.48. The van der Waals surface area contributed by atoms with E-state index in [1.807, 2.05) is 6.92 Å². The normalized spacial score (nSPS) is 29.3. The van der Waals surface area contributed by atoms with Crippen LogP contribution in [0.15, 0.2) is 15.5 Å². The summed E-state index contributed by atoms with van der Waals surface area (Å²) in [6.07, 6.45) is -3.05. The number of oxazole rings is 1. The van der Waals surface area contributed by atoms with Crippen LogP contribution in [-0.2, 0) is 11.2 Å². The molecule has 3 N–H and O–H groups in total. The van der Waals surface area contributed by atoms with E-state index in [4.69, 9.17) is 14.3 Å². The minimum atomic E-state index is -1.35. The molecule has 1 fully saturated rings. The van der Waals surface area contributed by atoms with Gasteiger partial charge < -0.3 is 24.5 Å². The number of hydrogen-bond donors (Lipinski definition) is 3. The largest absolute Gasteiger partial charge is 0.422 e. The van der Waals surface area contributed by atoms with E-state index < -0.39 is 36.7 Å². The number of aryl methyl sites for hydroxylation is 1. The molecular weight excluding hydrogens is 282 g/mol. The third kappa shape index (κ3) is 2.14. The van der Waals surface area contributed by atoms with E-state index >= 15 is 0 Å². The second-order valence-corrected chi connectivity index (χ2v) is 4.80. The fraction of sp³-hybridized carbons (Fsp3) is 0.583. The molecule has 9 nitrogen and oxygen atoms in total. The van der Waals surface area contributed by atoms with Gasteiger partial charge in [0, 0.05) is 6.42 Å². The standard InChI is InChI=1S/C12H15N3O6/c1-2-6-14-7-10(21-6)13-4-15(11(7)19)12-9(18)8(17)5(3-16)20-12/h4-5,8-9,12,16-18H,2-3H2,1H3/t5-,8-,9-,12-/m1/s1. The van der Waals surface area contributed by atoms with Crippen molar-refractivity contribution in [2.45, 2.75) is 37.9 Å². The lowest BCUT2D eigenvalue weighted by Gasteiger charge is -2.16. The van der Waals surface area contributed by atoms with E-state index in [9.17, 15) is 15.0 Å². The van der Waals surface area contributed by atoms with Gasteiger partial charge in [-0.3, -0.25) is 9.36 Å². The van der Waals surface area contributed by atoms with E-state index in [2.05, 4.69) is 9.97 Å². The summed E-state index contributed by atoms with van der Waals surface area (Å²) in [5.74, 6) is 0.383. The number of hydrogen-bond acceptors (Lipinski definition) is 8. The molecule has 4 atom stereocenters. The van der Waals surface area contributed by atoms with Crippen LogP contribution in [0.1, 0.15) is 19.0 Å². The maximum absolute atomic E-state index is 12.4. The molecule has 0 aliphatic carbocycles. The van der Waals surface area contributed by atoms with E-state index in [-0.39, 0.29) is 11.2 Å². The minimum absolute atomic E-state index is 0.0343. The first kappa shape index (κ1) is 14.1. The topological polar surface area (TPSA) is 131 Å². The smallest absolute Gasteiger partial charge is 0.285 e. The summed E-state index contributed by atoms with van der Waals surface area (Å²) in [5.41, 5.74) is -0.398. The highest BCUT2D eigenvalue weighted by molar-refractivity contribution is 5.66. The lowest BCUT2D eigenvalue weighted by atomic mass is 10.1. The Morgan fingerprint density at radius 3 is 2.76 bits per heavy atom. The van der Waals surface area contributed by atoms with Crippen LogP contribution >= 0.6 is 0 Å².